The summed E-state index contributed by atoms with van der Waals surface area (Å²) in [4.78, 5) is 41.3. The highest BCUT2D eigenvalue weighted by atomic mass is 16.5. The second-order valence-electron chi connectivity index (χ2n) is 23.3. The minimum Gasteiger partial charge on any atom is -0.494 e. The summed E-state index contributed by atoms with van der Waals surface area (Å²) in [7, 11) is 1.61. The van der Waals surface area contributed by atoms with Crippen molar-refractivity contribution >= 4 is 5.91 Å². The lowest BCUT2D eigenvalue weighted by atomic mass is 10.1. The molecular weight excluding hydrogens is 1070 g/mol. The predicted molar refractivity (Wildman–Crippen MR) is 327 cm³/mol. The first kappa shape index (κ1) is 61.7. The Hall–Kier alpha value is -7.90. The van der Waals surface area contributed by atoms with Gasteiger partial charge in [-0.05, 0) is 153 Å². The fourth-order valence-electron chi connectivity index (χ4n) is 10.5. The van der Waals surface area contributed by atoms with Gasteiger partial charge in [0.25, 0.3) is 17.7 Å². The molecule has 3 aliphatic rings. The van der Waals surface area contributed by atoms with Crippen LogP contribution in [0.25, 0.3) is 23.2 Å². The van der Waals surface area contributed by atoms with Crippen molar-refractivity contribution in [1.29, 1.82) is 0 Å². The van der Waals surface area contributed by atoms with Crippen LogP contribution in [0.15, 0.2) is 149 Å². The number of methoxy groups -OCH3 is 1. The van der Waals surface area contributed by atoms with E-state index in [0.29, 0.717) is 71.4 Å². The van der Waals surface area contributed by atoms with E-state index in [1.54, 1.807) is 31.8 Å². The molecular formula is C67H83N11O7. The second-order valence-corrected chi connectivity index (χ2v) is 23.3. The van der Waals surface area contributed by atoms with Crippen molar-refractivity contribution in [2.75, 3.05) is 66.1 Å². The molecule has 8 aromatic rings. The van der Waals surface area contributed by atoms with Gasteiger partial charge in [-0.25, -0.2) is 4.98 Å². The van der Waals surface area contributed by atoms with Crippen molar-refractivity contribution in [1.82, 2.24) is 55.2 Å². The number of likely N-dealkylation sites (tertiary alicyclic amines) is 3. The van der Waals surface area contributed by atoms with Gasteiger partial charge in [-0.1, -0.05) is 98.7 Å². The van der Waals surface area contributed by atoms with E-state index in [4.69, 9.17) is 28.0 Å². The highest BCUT2D eigenvalue weighted by Gasteiger charge is 2.30. The van der Waals surface area contributed by atoms with Crippen molar-refractivity contribution in [2.45, 2.75) is 105 Å². The molecule has 0 radical (unpaired) electrons. The molecule has 18 nitrogen and oxygen atoms in total. The first-order chi connectivity index (χ1) is 41.4. The zero-order valence-electron chi connectivity index (χ0n) is 50.4. The maximum absolute atomic E-state index is 12.1. The fraction of sp³-hybridized carbons (Fsp3) is 0.433. The summed E-state index contributed by atoms with van der Waals surface area (Å²) in [5.74, 6) is 6.87. The summed E-state index contributed by atoms with van der Waals surface area (Å²) in [5.41, 5.74) is 6.83. The summed E-state index contributed by atoms with van der Waals surface area (Å²) in [6.07, 6.45) is 8.46. The lowest BCUT2D eigenvalue weighted by Crippen LogP contribution is -2.31. The first-order valence-electron chi connectivity index (χ1n) is 30.0. The molecule has 3 fully saturated rings. The Bertz CT molecular complexity index is 3280. The number of carbonyl (C=O) groups is 1. The Kier molecular flexibility index (Phi) is 22.7. The Balaban J connectivity index is 0.000000153. The zero-order chi connectivity index (χ0) is 59.3. The van der Waals surface area contributed by atoms with Gasteiger partial charge >= 0.3 is 0 Å². The van der Waals surface area contributed by atoms with Crippen LogP contribution in [0, 0.1) is 17.8 Å². The van der Waals surface area contributed by atoms with E-state index < -0.39 is 0 Å². The van der Waals surface area contributed by atoms with E-state index in [1.807, 2.05) is 54.6 Å². The van der Waals surface area contributed by atoms with Gasteiger partial charge in [0.05, 0.1) is 33.0 Å². The standard InChI is InChI=1S/C23H28N4O3.C22H26N4O2.C22H29N3O2/c1-16(2)15-29-19-7-4-6-17(12-19)13-27-11-9-18(14-27)22-25-23(30-26-22)21-20(28-3)8-5-10-24-21;1-16(2)15-27-19-7-5-6-17(12-19)13-26-11-9-18(14-26)21-24-22(28-25-21)20-8-3-4-10-23-20;1-17(2)27-16-19-7-5-6-18(12-19)14-25-11-9-20(15-25)13-24-22(26)21-8-3-4-10-23-21/h4-8,10,12,16,18H,9,11,13-15H2,1-3H3;3-8,10,12,16,18H,9,11,13-15H2,1-2H3;3-8,10,12,17,20H,9,11,13-16H2,1-2H3,(H,24,26). The molecule has 11 rings (SSSR count). The van der Waals surface area contributed by atoms with Gasteiger partial charge < -0.3 is 33.3 Å². The number of nitrogens with one attached hydrogen (secondary N) is 1. The maximum atomic E-state index is 12.1. The molecule has 1 amide bonds. The van der Waals surface area contributed by atoms with Crippen molar-refractivity contribution in [3.05, 3.63) is 180 Å². The van der Waals surface area contributed by atoms with E-state index in [9.17, 15) is 4.79 Å². The van der Waals surface area contributed by atoms with Crippen LogP contribution in [0.5, 0.6) is 17.2 Å². The number of aromatic nitrogens is 7. The number of rotatable bonds is 23. The average molecular weight is 1150 g/mol. The number of hydrogen-bond acceptors (Lipinski definition) is 17. The summed E-state index contributed by atoms with van der Waals surface area (Å²) in [6, 6.07) is 40.1. The Morgan fingerprint density at radius 1 is 0.588 bits per heavy atom. The molecule has 3 saturated heterocycles. The van der Waals surface area contributed by atoms with Gasteiger partial charge in [-0.3, -0.25) is 29.5 Å². The molecule has 8 heterocycles. The molecule has 18 heteroatoms. The predicted octanol–water partition coefficient (Wildman–Crippen LogP) is 11.6. The second kappa shape index (κ2) is 31.3. The van der Waals surface area contributed by atoms with Gasteiger partial charge in [0.1, 0.15) is 28.6 Å². The highest BCUT2D eigenvalue weighted by Crippen LogP contribution is 2.32. The van der Waals surface area contributed by atoms with Gasteiger partial charge in [-0.15, -0.1) is 0 Å². The van der Waals surface area contributed by atoms with Crippen molar-refractivity contribution in [2.24, 2.45) is 17.8 Å². The molecule has 0 aliphatic carbocycles. The van der Waals surface area contributed by atoms with Crippen LogP contribution in [0.4, 0.5) is 0 Å². The SMILES string of the molecule is CC(C)COc1cccc(CN2CCC(c3noc(-c4ccccn4)n3)C2)c1.CC(C)OCc1cccc(CN2CCC(CNC(=O)c3ccccn3)C2)c1.COc1cccnc1-c1nc(C2CCN(Cc3cccc(OCC(C)C)c3)C2)no1. The van der Waals surface area contributed by atoms with Gasteiger partial charge in [-0.2, -0.15) is 9.97 Å². The third kappa shape index (κ3) is 19.1. The summed E-state index contributed by atoms with van der Waals surface area (Å²) < 4.78 is 33.7. The summed E-state index contributed by atoms with van der Waals surface area (Å²) >= 11 is 0. The minimum atomic E-state index is -0.0908. The third-order valence-corrected chi connectivity index (χ3v) is 14.8. The van der Waals surface area contributed by atoms with Crippen LogP contribution in [0.1, 0.15) is 117 Å². The molecule has 85 heavy (non-hydrogen) atoms. The van der Waals surface area contributed by atoms with Crippen molar-refractivity contribution < 1.29 is 32.8 Å². The molecule has 3 unspecified atom stereocenters. The largest absolute Gasteiger partial charge is 0.494 e. The molecule has 3 aliphatic heterocycles. The normalized spacial score (nSPS) is 17.2. The third-order valence-electron chi connectivity index (χ3n) is 14.8. The van der Waals surface area contributed by atoms with E-state index in [2.05, 4.69) is 157 Å². The lowest BCUT2D eigenvalue weighted by molar-refractivity contribution is 0.0656. The molecule has 0 spiro atoms. The topological polar surface area (TPSA) is 192 Å². The molecule has 3 atom stereocenters. The number of amides is 1. The molecule has 0 bridgehead atoms. The summed E-state index contributed by atoms with van der Waals surface area (Å²) in [6.45, 7) is 24.2. The minimum absolute atomic E-state index is 0.0908. The quantitative estimate of drug-likeness (QED) is 0.0635. The number of carbonyl (C=O) groups excluding carboxylic acids is 1. The Morgan fingerprint density at radius 3 is 1.73 bits per heavy atom. The van der Waals surface area contributed by atoms with Crippen LogP contribution in [0.3, 0.4) is 0 Å². The van der Waals surface area contributed by atoms with E-state index >= 15 is 0 Å². The van der Waals surface area contributed by atoms with Gasteiger partial charge in [0, 0.05) is 76.2 Å². The van der Waals surface area contributed by atoms with Crippen molar-refractivity contribution in [3.8, 4) is 40.4 Å². The zero-order valence-corrected chi connectivity index (χ0v) is 50.4. The van der Waals surface area contributed by atoms with Crippen LogP contribution < -0.4 is 19.5 Å². The first-order valence-corrected chi connectivity index (χ1v) is 30.0. The summed E-state index contributed by atoms with van der Waals surface area (Å²) in [5, 5.41) is 11.4. The number of hydrogen-bond donors (Lipinski definition) is 1. The number of ether oxygens (including phenoxy) is 4. The molecule has 3 aromatic carbocycles. The lowest BCUT2D eigenvalue weighted by Gasteiger charge is -2.17. The maximum Gasteiger partial charge on any atom is 0.280 e. The molecule has 5 aromatic heterocycles. The smallest absolute Gasteiger partial charge is 0.280 e. The Morgan fingerprint density at radius 2 is 1.14 bits per heavy atom. The molecule has 448 valence electrons. The highest BCUT2D eigenvalue weighted by molar-refractivity contribution is 5.92. The van der Waals surface area contributed by atoms with Gasteiger partial charge in [0.15, 0.2) is 17.3 Å². The fourth-order valence-corrected chi connectivity index (χ4v) is 10.5. The van der Waals surface area contributed by atoms with E-state index in [0.717, 1.165) is 115 Å². The Labute approximate surface area is 500 Å². The van der Waals surface area contributed by atoms with Crippen LogP contribution in [-0.2, 0) is 31.0 Å². The molecule has 1 N–H and O–H groups in total. The molecule has 0 saturated carbocycles. The van der Waals surface area contributed by atoms with E-state index in [1.165, 1.54) is 22.3 Å². The van der Waals surface area contributed by atoms with Crippen LogP contribution >= 0.6 is 0 Å². The van der Waals surface area contributed by atoms with Crippen LogP contribution in [-0.4, -0.2) is 128 Å². The van der Waals surface area contributed by atoms with E-state index in [-0.39, 0.29) is 17.9 Å². The average Bonchev–Trinajstić information content (AvgIpc) is 4.40. The van der Waals surface area contributed by atoms with Crippen LogP contribution in [0.2, 0.25) is 0 Å². The van der Waals surface area contributed by atoms with Gasteiger partial charge in [0.2, 0.25) is 0 Å². The monoisotopic (exact) mass is 1150 g/mol. The van der Waals surface area contributed by atoms with Crippen molar-refractivity contribution in [3.63, 3.8) is 0 Å². The number of nitrogens with zero attached hydrogens (tertiary/aromatic N) is 10. The number of pyridine rings is 3. The number of benzene rings is 3.